The van der Waals surface area contributed by atoms with Crippen molar-refractivity contribution in [3.05, 3.63) is 71.4 Å². The zero-order valence-electron chi connectivity index (χ0n) is 17.4. The second-order valence-electron chi connectivity index (χ2n) is 7.80. The van der Waals surface area contributed by atoms with E-state index in [0.29, 0.717) is 23.0 Å². The summed E-state index contributed by atoms with van der Waals surface area (Å²) in [5.74, 6) is 0.655. The zero-order chi connectivity index (χ0) is 21.0. The van der Waals surface area contributed by atoms with Crippen molar-refractivity contribution in [2.45, 2.75) is 33.1 Å². The van der Waals surface area contributed by atoms with Crippen molar-refractivity contribution in [2.75, 3.05) is 17.7 Å². The maximum atomic E-state index is 12.0. The number of hydrogen-bond acceptors (Lipinski definition) is 6. The van der Waals surface area contributed by atoms with Gasteiger partial charge in [0.2, 0.25) is 5.95 Å². The zero-order valence-corrected chi connectivity index (χ0v) is 17.4. The second-order valence-corrected chi connectivity index (χ2v) is 7.80. The van der Waals surface area contributed by atoms with E-state index in [0.717, 1.165) is 11.4 Å². The fraction of sp³-hybridized carbons (Fsp3) is 0.261. The summed E-state index contributed by atoms with van der Waals surface area (Å²) < 4.78 is 4.85. The van der Waals surface area contributed by atoms with Crippen LogP contribution in [0.2, 0.25) is 0 Å². The van der Waals surface area contributed by atoms with Crippen LogP contribution in [0.1, 0.15) is 42.4 Å². The van der Waals surface area contributed by atoms with Crippen LogP contribution in [0.5, 0.6) is 0 Å². The van der Waals surface area contributed by atoms with Gasteiger partial charge >= 0.3 is 5.97 Å². The average molecular weight is 390 g/mol. The Morgan fingerprint density at radius 2 is 1.59 bits per heavy atom. The lowest BCUT2D eigenvalue weighted by Gasteiger charge is -2.23. The Morgan fingerprint density at radius 1 is 0.931 bits per heavy atom. The highest BCUT2D eigenvalue weighted by atomic mass is 16.5. The van der Waals surface area contributed by atoms with Crippen molar-refractivity contribution in [3.8, 4) is 0 Å². The summed E-state index contributed by atoms with van der Waals surface area (Å²) in [5.41, 5.74) is 4.00. The van der Waals surface area contributed by atoms with Gasteiger partial charge in [0.05, 0.1) is 18.4 Å². The van der Waals surface area contributed by atoms with Gasteiger partial charge in [0.25, 0.3) is 0 Å². The van der Waals surface area contributed by atoms with Gasteiger partial charge in [-0.3, -0.25) is 0 Å². The maximum absolute atomic E-state index is 12.0. The summed E-state index contributed by atoms with van der Waals surface area (Å²) >= 11 is 0. The number of rotatable bonds is 5. The predicted octanol–water partition coefficient (Wildman–Crippen LogP) is 5.36. The number of ether oxygens (including phenoxy) is 1. The molecule has 0 aliphatic carbocycles. The number of methoxy groups -OCH3 is 1. The molecule has 0 aliphatic rings. The van der Waals surface area contributed by atoms with Crippen LogP contribution in [0.25, 0.3) is 0 Å². The molecule has 2 N–H and O–H groups in total. The maximum Gasteiger partial charge on any atom is 0.339 e. The quantitative estimate of drug-likeness (QED) is 0.572. The predicted molar refractivity (Wildman–Crippen MR) is 116 cm³/mol. The minimum Gasteiger partial charge on any atom is -0.465 e. The molecule has 0 radical (unpaired) electrons. The first-order chi connectivity index (χ1) is 13.8. The van der Waals surface area contributed by atoms with E-state index in [1.54, 1.807) is 18.2 Å². The molecule has 6 nitrogen and oxygen atoms in total. The molecule has 1 aromatic heterocycles. The van der Waals surface area contributed by atoms with Gasteiger partial charge in [0.1, 0.15) is 5.82 Å². The fourth-order valence-corrected chi connectivity index (χ4v) is 3.07. The Balaban J connectivity index is 1.92. The van der Waals surface area contributed by atoms with E-state index in [1.807, 2.05) is 37.3 Å². The van der Waals surface area contributed by atoms with Crippen molar-refractivity contribution in [2.24, 2.45) is 0 Å². The van der Waals surface area contributed by atoms with Crippen molar-refractivity contribution in [1.29, 1.82) is 0 Å². The molecular formula is C23H26N4O2. The van der Waals surface area contributed by atoms with Gasteiger partial charge in [0, 0.05) is 17.4 Å². The molecule has 150 valence electrons. The van der Waals surface area contributed by atoms with Crippen LogP contribution in [0.4, 0.5) is 23.1 Å². The number of carbonyl (C=O) groups is 1. The Labute approximate surface area is 171 Å². The number of nitrogens with one attached hydrogen (secondary N) is 2. The van der Waals surface area contributed by atoms with Crippen LogP contribution < -0.4 is 10.6 Å². The number of aryl methyl sites for hydroxylation is 1. The molecule has 3 aromatic rings. The monoisotopic (exact) mass is 390 g/mol. The lowest BCUT2D eigenvalue weighted by molar-refractivity contribution is 0.0602. The Hall–Kier alpha value is -3.41. The standard InChI is InChI=1S/C23H26N4O2/c1-15-14-20(25-19-13-9-7-11-17(19)23(2,3)4)27-22(24-15)26-18-12-8-6-10-16(18)21(28)29-5/h6-14H,1-5H3,(H2,24,25,26,27). The first-order valence-electron chi connectivity index (χ1n) is 9.44. The second kappa shape index (κ2) is 8.31. The van der Waals surface area contributed by atoms with Crippen molar-refractivity contribution >= 4 is 29.1 Å². The Bertz CT molecular complexity index is 1030. The summed E-state index contributed by atoms with van der Waals surface area (Å²) in [6.45, 7) is 8.43. The third-order valence-electron chi connectivity index (χ3n) is 4.43. The smallest absolute Gasteiger partial charge is 0.339 e. The van der Waals surface area contributed by atoms with Gasteiger partial charge in [-0.25, -0.2) is 9.78 Å². The number of carbonyl (C=O) groups excluding carboxylic acids is 1. The number of nitrogens with zero attached hydrogens (tertiary/aromatic N) is 2. The van der Waals surface area contributed by atoms with Gasteiger partial charge in [-0.05, 0) is 36.1 Å². The minimum atomic E-state index is -0.418. The lowest BCUT2D eigenvalue weighted by Crippen LogP contribution is -2.14. The van der Waals surface area contributed by atoms with Gasteiger partial charge < -0.3 is 15.4 Å². The fourth-order valence-electron chi connectivity index (χ4n) is 3.07. The van der Waals surface area contributed by atoms with Crippen LogP contribution in [0.3, 0.4) is 0 Å². The van der Waals surface area contributed by atoms with E-state index in [1.165, 1.54) is 12.7 Å². The summed E-state index contributed by atoms with van der Waals surface area (Å²) in [7, 11) is 1.36. The largest absolute Gasteiger partial charge is 0.465 e. The summed E-state index contributed by atoms with van der Waals surface area (Å²) in [6.07, 6.45) is 0. The van der Waals surface area contributed by atoms with E-state index in [4.69, 9.17) is 4.74 Å². The molecule has 0 saturated heterocycles. The minimum absolute atomic E-state index is 0.00774. The third-order valence-corrected chi connectivity index (χ3v) is 4.43. The molecule has 2 aromatic carbocycles. The molecule has 0 aliphatic heterocycles. The molecule has 6 heteroatoms. The first kappa shape index (κ1) is 20.3. The molecule has 0 unspecified atom stereocenters. The van der Waals surface area contributed by atoms with Crippen LogP contribution >= 0.6 is 0 Å². The van der Waals surface area contributed by atoms with E-state index in [-0.39, 0.29) is 5.41 Å². The topological polar surface area (TPSA) is 76.1 Å². The summed E-state index contributed by atoms with van der Waals surface area (Å²) in [6, 6.07) is 17.2. The first-order valence-corrected chi connectivity index (χ1v) is 9.44. The van der Waals surface area contributed by atoms with Crippen LogP contribution in [0.15, 0.2) is 54.6 Å². The molecule has 0 fully saturated rings. The van der Waals surface area contributed by atoms with Crippen molar-refractivity contribution < 1.29 is 9.53 Å². The van der Waals surface area contributed by atoms with Gasteiger partial charge in [-0.15, -0.1) is 0 Å². The molecular weight excluding hydrogens is 364 g/mol. The normalized spacial score (nSPS) is 11.1. The SMILES string of the molecule is COC(=O)c1ccccc1Nc1nc(C)cc(Nc2ccccc2C(C)(C)C)n1. The molecule has 0 spiro atoms. The van der Waals surface area contributed by atoms with Gasteiger partial charge in [-0.2, -0.15) is 4.98 Å². The molecule has 29 heavy (non-hydrogen) atoms. The van der Waals surface area contributed by atoms with Gasteiger partial charge in [0.15, 0.2) is 0 Å². The van der Waals surface area contributed by atoms with Crippen LogP contribution in [-0.4, -0.2) is 23.0 Å². The van der Waals surface area contributed by atoms with E-state index < -0.39 is 5.97 Å². The molecule has 0 bridgehead atoms. The number of para-hydroxylation sites is 2. The molecule has 0 amide bonds. The Morgan fingerprint density at radius 3 is 2.28 bits per heavy atom. The molecule has 0 saturated carbocycles. The number of anilines is 4. The highest BCUT2D eigenvalue weighted by Gasteiger charge is 2.18. The number of hydrogen-bond donors (Lipinski definition) is 2. The van der Waals surface area contributed by atoms with E-state index in [2.05, 4.69) is 47.4 Å². The summed E-state index contributed by atoms with van der Waals surface area (Å²) in [5, 5.41) is 6.55. The number of aromatic nitrogens is 2. The average Bonchev–Trinajstić information content (AvgIpc) is 2.67. The molecule has 0 atom stereocenters. The number of esters is 1. The Kier molecular flexibility index (Phi) is 5.82. The van der Waals surface area contributed by atoms with E-state index >= 15 is 0 Å². The third kappa shape index (κ3) is 4.90. The summed E-state index contributed by atoms with van der Waals surface area (Å²) in [4.78, 5) is 21.1. The van der Waals surface area contributed by atoms with Crippen LogP contribution in [-0.2, 0) is 10.2 Å². The number of benzene rings is 2. The van der Waals surface area contributed by atoms with Crippen LogP contribution in [0, 0.1) is 6.92 Å². The molecule has 1 heterocycles. The molecule has 3 rings (SSSR count). The highest BCUT2D eigenvalue weighted by molar-refractivity contribution is 5.96. The van der Waals surface area contributed by atoms with Crippen molar-refractivity contribution in [3.63, 3.8) is 0 Å². The highest BCUT2D eigenvalue weighted by Crippen LogP contribution is 2.31. The van der Waals surface area contributed by atoms with Gasteiger partial charge in [-0.1, -0.05) is 51.1 Å². The van der Waals surface area contributed by atoms with E-state index in [9.17, 15) is 4.79 Å². The van der Waals surface area contributed by atoms with Crippen molar-refractivity contribution in [1.82, 2.24) is 9.97 Å². The lowest BCUT2D eigenvalue weighted by atomic mass is 9.86.